The van der Waals surface area contributed by atoms with Crippen molar-refractivity contribution in [1.82, 2.24) is 20.0 Å². The smallest absolute Gasteiger partial charge is 0.186 e. The van der Waals surface area contributed by atoms with Crippen molar-refractivity contribution in [2.24, 2.45) is 0 Å². The van der Waals surface area contributed by atoms with Gasteiger partial charge in [0.25, 0.3) is 0 Å². The summed E-state index contributed by atoms with van der Waals surface area (Å²) in [6.45, 7) is 1.34. The zero-order valence-corrected chi connectivity index (χ0v) is 8.94. The minimum Gasteiger partial charge on any atom is -0.293 e. The van der Waals surface area contributed by atoms with Gasteiger partial charge in [0.15, 0.2) is 16.8 Å². The van der Waals surface area contributed by atoms with Crippen LogP contribution in [0.5, 0.6) is 0 Å². The first-order valence-corrected chi connectivity index (χ1v) is 4.71. The second-order valence-corrected chi connectivity index (χ2v) is 3.38. The average Bonchev–Trinajstić information content (AvgIpc) is 2.70. The van der Waals surface area contributed by atoms with Crippen LogP contribution in [0.4, 0.5) is 4.39 Å². The number of halogens is 2. The summed E-state index contributed by atoms with van der Waals surface area (Å²) in [6, 6.07) is 1.36. The molecule has 0 atom stereocenters. The molecule has 2 rings (SSSR count). The highest BCUT2D eigenvalue weighted by Gasteiger charge is 2.15. The maximum absolute atomic E-state index is 13.6. The van der Waals surface area contributed by atoms with E-state index < -0.39 is 5.82 Å². The first kappa shape index (κ1) is 10.7. The van der Waals surface area contributed by atoms with E-state index in [0.29, 0.717) is 0 Å². The van der Waals surface area contributed by atoms with Gasteiger partial charge in [-0.15, -0.1) is 5.10 Å². The van der Waals surface area contributed by atoms with Crippen LogP contribution in [-0.2, 0) is 0 Å². The van der Waals surface area contributed by atoms with Crippen molar-refractivity contribution in [3.05, 3.63) is 35.1 Å². The largest absolute Gasteiger partial charge is 0.293 e. The number of rotatable bonds is 2. The fourth-order valence-corrected chi connectivity index (χ4v) is 1.38. The lowest BCUT2D eigenvalue weighted by molar-refractivity contribution is 0.101. The Balaban J connectivity index is 2.63. The van der Waals surface area contributed by atoms with E-state index in [1.807, 2.05) is 0 Å². The molecule has 0 radical (unpaired) electrons. The number of carbonyl (C=O) groups is 1. The van der Waals surface area contributed by atoms with Crippen molar-refractivity contribution in [3.8, 4) is 5.69 Å². The zero-order valence-electron chi connectivity index (χ0n) is 8.19. The van der Waals surface area contributed by atoms with E-state index >= 15 is 0 Å². The van der Waals surface area contributed by atoms with Gasteiger partial charge in [0, 0.05) is 13.1 Å². The third kappa shape index (κ3) is 1.67. The van der Waals surface area contributed by atoms with E-state index in [2.05, 4.69) is 15.3 Å². The lowest BCUT2D eigenvalue weighted by Crippen LogP contribution is -2.08. The molecular formula is C9H6ClFN4O. The van der Waals surface area contributed by atoms with Gasteiger partial charge < -0.3 is 0 Å². The van der Waals surface area contributed by atoms with Gasteiger partial charge in [-0.05, 0) is 6.07 Å². The van der Waals surface area contributed by atoms with Crippen molar-refractivity contribution in [2.45, 2.75) is 6.92 Å². The maximum Gasteiger partial charge on any atom is 0.186 e. The summed E-state index contributed by atoms with van der Waals surface area (Å²) in [6.07, 6.45) is 2.59. The van der Waals surface area contributed by atoms with Crippen LogP contribution in [0, 0.1) is 5.82 Å². The third-order valence-corrected chi connectivity index (χ3v) is 2.23. The standard InChI is InChI=1S/C9H6ClFN4O/c1-5(16)7-4-13-14-15(7)6-2-3-12-9(10)8(6)11/h2-4H,1H3. The van der Waals surface area contributed by atoms with Crippen molar-refractivity contribution < 1.29 is 9.18 Å². The van der Waals surface area contributed by atoms with Crippen LogP contribution >= 0.6 is 11.6 Å². The van der Waals surface area contributed by atoms with Crippen molar-refractivity contribution in [1.29, 1.82) is 0 Å². The molecule has 82 valence electrons. The average molecular weight is 241 g/mol. The normalized spacial score (nSPS) is 10.4. The molecule has 2 heterocycles. The van der Waals surface area contributed by atoms with E-state index in [1.165, 1.54) is 25.4 Å². The van der Waals surface area contributed by atoms with Gasteiger partial charge >= 0.3 is 0 Å². The molecule has 0 aliphatic heterocycles. The monoisotopic (exact) mass is 240 g/mol. The van der Waals surface area contributed by atoms with Crippen LogP contribution in [0.15, 0.2) is 18.5 Å². The van der Waals surface area contributed by atoms with Gasteiger partial charge in [-0.3, -0.25) is 4.79 Å². The highest BCUT2D eigenvalue weighted by molar-refractivity contribution is 6.29. The molecule has 0 fully saturated rings. The lowest BCUT2D eigenvalue weighted by atomic mass is 10.3. The van der Waals surface area contributed by atoms with E-state index in [-0.39, 0.29) is 22.3 Å². The molecule has 0 N–H and O–H groups in total. The Labute approximate surface area is 94.9 Å². The summed E-state index contributed by atoms with van der Waals surface area (Å²) in [7, 11) is 0. The SMILES string of the molecule is CC(=O)c1cnnn1-c1ccnc(Cl)c1F. The zero-order chi connectivity index (χ0) is 11.7. The first-order valence-electron chi connectivity index (χ1n) is 4.33. The summed E-state index contributed by atoms with van der Waals surface area (Å²) in [5.41, 5.74) is 0.226. The third-order valence-electron chi connectivity index (χ3n) is 1.96. The molecule has 0 saturated heterocycles. The molecule has 2 aromatic rings. The second-order valence-electron chi connectivity index (χ2n) is 3.02. The second kappa shape index (κ2) is 3.97. The lowest BCUT2D eigenvalue weighted by Gasteiger charge is -2.05. The van der Waals surface area contributed by atoms with Gasteiger partial charge in [-0.25, -0.2) is 14.1 Å². The van der Waals surface area contributed by atoms with Crippen LogP contribution in [0.1, 0.15) is 17.4 Å². The number of hydrogen-bond acceptors (Lipinski definition) is 4. The predicted octanol–water partition coefficient (Wildman–Crippen LogP) is 1.66. The molecule has 5 nitrogen and oxygen atoms in total. The molecule has 0 spiro atoms. The number of ketones is 1. The summed E-state index contributed by atoms with van der Waals surface area (Å²) in [5.74, 6) is -1.01. The molecular weight excluding hydrogens is 235 g/mol. The Kier molecular flexibility index (Phi) is 2.66. The number of hydrogen-bond donors (Lipinski definition) is 0. The van der Waals surface area contributed by atoms with Crippen LogP contribution < -0.4 is 0 Å². The summed E-state index contributed by atoms with van der Waals surface area (Å²) in [5, 5.41) is 6.91. The topological polar surface area (TPSA) is 60.7 Å². The van der Waals surface area contributed by atoms with Crippen LogP contribution in [0.2, 0.25) is 5.15 Å². The fourth-order valence-electron chi connectivity index (χ4n) is 1.23. The predicted molar refractivity (Wildman–Crippen MR) is 54.1 cm³/mol. The molecule has 7 heteroatoms. The summed E-state index contributed by atoms with van der Waals surface area (Å²) < 4.78 is 14.7. The highest BCUT2D eigenvalue weighted by atomic mass is 35.5. The molecule has 0 aliphatic carbocycles. The van der Waals surface area contributed by atoms with E-state index in [1.54, 1.807) is 0 Å². The Morgan fingerprint density at radius 3 is 3.00 bits per heavy atom. The molecule has 0 unspecified atom stereocenters. The quantitative estimate of drug-likeness (QED) is 0.592. The Hall–Kier alpha value is -1.82. The molecule has 0 saturated carbocycles. The molecule has 0 amide bonds. The fraction of sp³-hybridized carbons (Fsp3) is 0.111. The van der Waals surface area contributed by atoms with Crippen LogP contribution in [0.3, 0.4) is 0 Å². The summed E-state index contributed by atoms with van der Waals surface area (Å²) in [4.78, 5) is 14.8. The minimum absolute atomic E-state index is 0.0442. The number of pyridine rings is 1. The van der Waals surface area contributed by atoms with Gasteiger partial charge in [-0.2, -0.15) is 0 Å². The number of carbonyl (C=O) groups excluding carboxylic acids is 1. The number of nitrogens with zero attached hydrogens (tertiary/aromatic N) is 4. The Morgan fingerprint density at radius 2 is 2.31 bits per heavy atom. The van der Waals surface area contributed by atoms with Gasteiger partial charge in [0.05, 0.1) is 6.20 Å². The van der Waals surface area contributed by atoms with Crippen molar-refractivity contribution in [2.75, 3.05) is 0 Å². The number of aromatic nitrogens is 4. The molecule has 16 heavy (non-hydrogen) atoms. The van der Waals surface area contributed by atoms with Crippen LogP contribution in [-0.4, -0.2) is 25.8 Å². The van der Waals surface area contributed by atoms with Gasteiger partial charge in [0.1, 0.15) is 11.4 Å². The van der Waals surface area contributed by atoms with Gasteiger partial charge in [-0.1, -0.05) is 16.8 Å². The molecule has 0 aliphatic rings. The van der Waals surface area contributed by atoms with Crippen LogP contribution in [0.25, 0.3) is 5.69 Å². The van der Waals surface area contributed by atoms with E-state index in [9.17, 15) is 9.18 Å². The van der Waals surface area contributed by atoms with E-state index in [0.717, 1.165) is 4.68 Å². The Bertz CT molecular complexity index is 554. The van der Waals surface area contributed by atoms with E-state index in [4.69, 9.17) is 11.6 Å². The Morgan fingerprint density at radius 1 is 1.56 bits per heavy atom. The summed E-state index contributed by atoms with van der Waals surface area (Å²) >= 11 is 5.53. The van der Waals surface area contributed by atoms with Gasteiger partial charge in [0.2, 0.25) is 0 Å². The highest BCUT2D eigenvalue weighted by Crippen LogP contribution is 2.19. The first-order chi connectivity index (χ1) is 7.61. The van der Waals surface area contributed by atoms with Crippen molar-refractivity contribution in [3.63, 3.8) is 0 Å². The number of Topliss-reactive ketones (excluding diaryl/α,β-unsaturated/α-hetero) is 1. The molecule has 0 aromatic carbocycles. The minimum atomic E-state index is -0.739. The van der Waals surface area contributed by atoms with Crippen molar-refractivity contribution >= 4 is 17.4 Å². The molecule has 2 aromatic heterocycles. The molecule has 0 bridgehead atoms. The maximum atomic E-state index is 13.6.